The number of benzene rings is 1. The molecule has 0 radical (unpaired) electrons. The Morgan fingerprint density at radius 2 is 1.96 bits per heavy atom. The summed E-state index contributed by atoms with van der Waals surface area (Å²) in [6.07, 6.45) is 4.88. The van der Waals surface area contributed by atoms with Gasteiger partial charge in [0.15, 0.2) is 11.5 Å². The molecule has 1 saturated heterocycles. The maximum atomic E-state index is 13.2. The van der Waals surface area contributed by atoms with Gasteiger partial charge in [-0.3, -0.25) is 4.79 Å². The Balaban J connectivity index is 0.00000364. The first-order valence-electron chi connectivity index (χ1n) is 9.64. The maximum Gasteiger partial charge on any atom is 0.254 e. The first kappa shape index (κ1) is 23.9. The number of amides is 1. The van der Waals surface area contributed by atoms with Gasteiger partial charge in [0.1, 0.15) is 0 Å². The van der Waals surface area contributed by atoms with Crippen molar-refractivity contribution in [2.24, 2.45) is 0 Å². The van der Waals surface area contributed by atoms with Crippen LogP contribution in [0.25, 0.3) is 0 Å². The molecule has 1 heterocycles. The first-order chi connectivity index (χ1) is 12.6. The minimum absolute atomic E-state index is 0. The van der Waals surface area contributed by atoms with E-state index in [-0.39, 0.29) is 24.4 Å². The van der Waals surface area contributed by atoms with Crippen LogP contribution in [0.5, 0.6) is 11.5 Å². The number of carbonyl (C=O) groups excluding carboxylic acids is 1. The summed E-state index contributed by atoms with van der Waals surface area (Å²) in [5, 5.41) is 3.78. The summed E-state index contributed by atoms with van der Waals surface area (Å²) in [6, 6.07) is 3.73. The minimum Gasteiger partial charge on any atom is -0.493 e. The molecule has 1 N–H and O–H groups in total. The van der Waals surface area contributed by atoms with E-state index in [1.54, 1.807) is 19.2 Å². The van der Waals surface area contributed by atoms with Crippen LogP contribution in [0.3, 0.4) is 0 Å². The summed E-state index contributed by atoms with van der Waals surface area (Å²) in [4.78, 5) is 15.2. The van der Waals surface area contributed by atoms with Crippen molar-refractivity contribution in [2.75, 3.05) is 33.4 Å². The molecular formula is C20H32Cl2N2O3. The molecular weight excluding hydrogens is 387 g/mol. The zero-order valence-corrected chi connectivity index (χ0v) is 18.1. The van der Waals surface area contributed by atoms with E-state index in [0.29, 0.717) is 28.7 Å². The Hall–Kier alpha value is -1.17. The van der Waals surface area contributed by atoms with E-state index in [1.165, 1.54) is 0 Å². The average molecular weight is 419 g/mol. The Bertz CT molecular complexity index is 593. The fraction of sp³-hybridized carbons (Fsp3) is 0.650. The van der Waals surface area contributed by atoms with Crippen LogP contribution in [0.2, 0.25) is 5.02 Å². The number of rotatable bonds is 9. The highest BCUT2D eigenvalue weighted by Gasteiger charge is 2.27. The van der Waals surface area contributed by atoms with Gasteiger partial charge in [0.25, 0.3) is 5.91 Å². The predicted molar refractivity (Wildman–Crippen MR) is 113 cm³/mol. The molecule has 2 rings (SSSR count). The molecule has 0 aliphatic carbocycles. The van der Waals surface area contributed by atoms with E-state index in [9.17, 15) is 4.79 Å². The largest absolute Gasteiger partial charge is 0.493 e. The van der Waals surface area contributed by atoms with E-state index >= 15 is 0 Å². The van der Waals surface area contributed by atoms with Crippen LogP contribution in [0, 0.1) is 0 Å². The van der Waals surface area contributed by atoms with Crippen molar-refractivity contribution in [3.63, 3.8) is 0 Å². The first-order valence-corrected chi connectivity index (χ1v) is 10.0. The summed E-state index contributed by atoms with van der Waals surface area (Å²) in [7, 11) is 1.57. The lowest BCUT2D eigenvalue weighted by molar-refractivity contribution is 0.0642. The number of carbonyl (C=O) groups is 1. The molecule has 0 unspecified atom stereocenters. The van der Waals surface area contributed by atoms with Gasteiger partial charge in [-0.25, -0.2) is 0 Å². The number of nitrogens with zero attached hydrogens (tertiary/aromatic N) is 1. The Labute approximate surface area is 174 Å². The number of unbranched alkanes of at least 4 members (excludes halogenated alkanes) is 1. The lowest BCUT2D eigenvalue weighted by atomic mass is 10.0. The number of nitrogens with one attached hydrogen (secondary N) is 1. The van der Waals surface area contributed by atoms with E-state index in [2.05, 4.69) is 19.2 Å². The predicted octanol–water partition coefficient (Wildman–Crippen LogP) is 4.55. The van der Waals surface area contributed by atoms with Crippen LogP contribution in [-0.4, -0.2) is 50.2 Å². The number of piperidine rings is 1. The molecule has 1 fully saturated rings. The van der Waals surface area contributed by atoms with Gasteiger partial charge < -0.3 is 19.7 Å². The molecule has 5 nitrogen and oxygen atoms in total. The zero-order valence-electron chi connectivity index (χ0n) is 16.6. The normalized spacial score (nSPS) is 14.4. The van der Waals surface area contributed by atoms with Crippen LogP contribution in [0.15, 0.2) is 12.1 Å². The topological polar surface area (TPSA) is 50.8 Å². The number of hydrogen-bond donors (Lipinski definition) is 1. The summed E-state index contributed by atoms with van der Waals surface area (Å²) >= 11 is 6.42. The molecule has 1 aliphatic rings. The molecule has 0 saturated carbocycles. The molecule has 1 aromatic rings. The van der Waals surface area contributed by atoms with Crippen molar-refractivity contribution in [3.05, 3.63) is 22.7 Å². The number of ether oxygens (including phenoxy) is 2. The minimum atomic E-state index is 0. The number of methoxy groups -OCH3 is 1. The smallest absolute Gasteiger partial charge is 0.254 e. The van der Waals surface area contributed by atoms with Crippen molar-refractivity contribution in [3.8, 4) is 11.5 Å². The molecule has 7 heteroatoms. The highest BCUT2D eigenvalue weighted by atomic mass is 35.5. The molecule has 0 bridgehead atoms. The third kappa shape index (κ3) is 6.44. The fourth-order valence-electron chi connectivity index (χ4n) is 3.28. The molecule has 0 spiro atoms. The molecule has 1 aliphatic heterocycles. The third-order valence-electron chi connectivity index (χ3n) is 4.70. The van der Waals surface area contributed by atoms with Crippen LogP contribution in [0.1, 0.15) is 56.3 Å². The Morgan fingerprint density at radius 1 is 1.26 bits per heavy atom. The van der Waals surface area contributed by atoms with Gasteiger partial charge in [0.2, 0.25) is 0 Å². The van der Waals surface area contributed by atoms with Crippen LogP contribution in [-0.2, 0) is 0 Å². The van der Waals surface area contributed by atoms with E-state index in [4.69, 9.17) is 21.1 Å². The van der Waals surface area contributed by atoms with Gasteiger partial charge in [0.05, 0.1) is 18.7 Å². The number of halogens is 2. The van der Waals surface area contributed by atoms with Crippen LogP contribution in [0.4, 0.5) is 0 Å². The van der Waals surface area contributed by atoms with E-state index in [0.717, 1.165) is 51.7 Å². The van der Waals surface area contributed by atoms with Gasteiger partial charge in [-0.05, 0) is 50.9 Å². The van der Waals surface area contributed by atoms with Crippen molar-refractivity contribution >= 4 is 29.9 Å². The molecule has 154 valence electrons. The van der Waals surface area contributed by atoms with Crippen molar-refractivity contribution in [2.45, 2.75) is 52.0 Å². The van der Waals surface area contributed by atoms with E-state index in [1.807, 2.05) is 4.90 Å². The second-order valence-electron chi connectivity index (χ2n) is 6.67. The second kappa shape index (κ2) is 12.3. The molecule has 1 amide bonds. The highest BCUT2D eigenvalue weighted by molar-refractivity contribution is 6.32. The third-order valence-corrected chi connectivity index (χ3v) is 4.98. The Morgan fingerprint density at radius 3 is 2.56 bits per heavy atom. The standard InChI is InChI=1S/C20H31ClN2O3.ClH/c1-4-6-12-26-19-17(21)13-15(14-18(19)25-3)20(24)23(11-5-2)16-7-9-22-10-8-16;/h13-14,16,22H,4-12H2,1-3H3;1H. The molecule has 1 aromatic carbocycles. The zero-order chi connectivity index (χ0) is 18.9. The quantitative estimate of drug-likeness (QED) is 0.597. The van der Waals surface area contributed by atoms with Gasteiger partial charge >= 0.3 is 0 Å². The molecule has 27 heavy (non-hydrogen) atoms. The highest BCUT2D eigenvalue weighted by Crippen LogP contribution is 2.37. The molecule has 0 atom stereocenters. The lowest BCUT2D eigenvalue weighted by Crippen LogP contribution is -2.46. The van der Waals surface area contributed by atoms with Crippen LogP contribution >= 0.6 is 24.0 Å². The lowest BCUT2D eigenvalue weighted by Gasteiger charge is -2.34. The summed E-state index contributed by atoms with van der Waals surface area (Å²) in [5.74, 6) is 1.04. The van der Waals surface area contributed by atoms with Crippen LogP contribution < -0.4 is 14.8 Å². The van der Waals surface area contributed by atoms with Crippen molar-refractivity contribution in [1.82, 2.24) is 10.2 Å². The van der Waals surface area contributed by atoms with Gasteiger partial charge in [0, 0.05) is 18.2 Å². The SMILES string of the molecule is CCCCOc1c(Cl)cc(C(=O)N(CCC)C2CCNCC2)cc1OC.Cl. The van der Waals surface area contributed by atoms with Gasteiger partial charge in [-0.2, -0.15) is 0 Å². The van der Waals surface area contributed by atoms with Gasteiger partial charge in [-0.1, -0.05) is 31.9 Å². The fourth-order valence-corrected chi connectivity index (χ4v) is 3.54. The summed E-state index contributed by atoms with van der Waals surface area (Å²) < 4.78 is 11.2. The molecule has 0 aromatic heterocycles. The summed E-state index contributed by atoms with van der Waals surface area (Å²) in [5.41, 5.74) is 0.557. The summed E-state index contributed by atoms with van der Waals surface area (Å²) in [6.45, 7) is 7.43. The second-order valence-corrected chi connectivity index (χ2v) is 7.08. The van der Waals surface area contributed by atoms with E-state index < -0.39 is 0 Å². The maximum absolute atomic E-state index is 13.2. The number of hydrogen-bond acceptors (Lipinski definition) is 4. The van der Waals surface area contributed by atoms with Gasteiger partial charge in [-0.15, -0.1) is 12.4 Å². The average Bonchev–Trinajstić information content (AvgIpc) is 2.67. The van der Waals surface area contributed by atoms with Crippen molar-refractivity contribution in [1.29, 1.82) is 0 Å². The Kier molecular flexibility index (Phi) is 10.9. The van der Waals surface area contributed by atoms with Crippen molar-refractivity contribution < 1.29 is 14.3 Å². The monoisotopic (exact) mass is 418 g/mol.